The summed E-state index contributed by atoms with van der Waals surface area (Å²) in [6.45, 7) is 0. The first-order valence-electron chi connectivity index (χ1n) is 4.28. The molecule has 1 aromatic carbocycles. The van der Waals surface area contributed by atoms with E-state index in [0.717, 1.165) is 0 Å². The Morgan fingerprint density at radius 3 is 2.24 bits per heavy atom. The minimum Gasteiger partial charge on any atom is -0.298 e. The first-order valence-corrected chi connectivity index (χ1v) is 4.66. The second kappa shape index (κ2) is 6.19. The molecule has 0 saturated carbocycles. The van der Waals surface area contributed by atoms with Crippen molar-refractivity contribution in [3.8, 4) is 0 Å². The van der Waals surface area contributed by atoms with E-state index in [9.17, 15) is 4.79 Å². The number of rotatable bonds is 4. The standard InChI is InChI=1S/C9H5ClN6O/c10-7-3-1-6(2-4-7)9(14-16-12)8(5-17)13-15-11/h1-5H/b9-8-. The molecule has 1 aromatic rings. The molecule has 0 heterocycles. The van der Waals surface area contributed by atoms with Crippen molar-refractivity contribution >= 4 is 23.6 Å². The summed E-state index contributed by atoms with van der Waals surface area (Å²) >= 11 is 5.70. The van der Waals surface area contributed by atoms with Crippen molar-refractivity contribution < 1.29 is 4.79 Å². The molecule has 8 heteroatoms. The van der Waals surface area contributed by atoms with Crippen molar-refractivity contribution in [3.05, 3.63) is 61.4 Å². The van der Waals surface area contributed by atoms with Gasteiger partial charge in [-0.3, -0.25) is 4.79 Å². The van der Waals surface area contributed by atoms with E-state index in [-0.39, 0.29) is 11.4 Å². The van der Waals surface area contributed by atoms with E-state index in [0.29, 0.717) is 16.9 Å². The van der Waals surface area contributed by atoms with Crippen molar-refractivity contribution in [2.45, 2.75) is 0 Å². The Labute approximate surface area is 101 Å². The molecule has 0 bridgehead atoms. The fourth-order valence-corrected chi connectivity index (χ4v) is 1.21. The van der Waals surface area contributed by atoms with E-state index in [4.69, 9.17) is 22.7 Å². The fourth-order valence-electron chi connectivity index (χ4n) is 1.08. The number of allylic oxidation sites excluding steroid dienone is 1. The zero-order valence-electron chi connectivity index (χ0n) is 8.36. The molecule has 0 aliphatic carbocycles. The van der Waals surface area contributed by atoms with Crippen LogP contribution in [0.15, 0.2) is 40.2 Å². The van der Waals surface area contributed by atoms with Gasteiger partial charge in [0.2, 0.25) is 0 Å². The normalized spacial score (nSPS) is 10.6. The Hall–Kier alpha value is -2.46. The third-order valence-corrected chi connectivity index (χ3v) is 2.02. The van der Waals surface area contributed by atoms with Gasteiger partial charge in [0.1, 0.15) is 0 Å². The molecular weight excluding hydrogens is 244 g/mol. The van der Waals surface area contributed by atoms with Crippen LogP contribution in [0, 0.1) is 0 Å². The Morgan fingerprint density at radius 2 is 1.76 bits per heavy atom. The van der Waals surface area contributed by atoms with E-state index in [1.165, 1.54) is 0 Å². The Morgan fingerprint density at radius 1 is 1.18 bits per heavy atom. The highest BCUT2D eigenvalue weighted by atomic mass is 35.5. The smallest absolute Gasteiger partial charge is 0.152 e. The van der Waals surface area contributed by atoms with E-state index >= 15 is 0 Å². The fraction of sp³-hybridized carbons (Fsp3) is 0. The molecule has 0 fully saturated rings. The number of benzene rings is 1. The summed E-state index contributed by atoms with van der Waals surface area (Å²) in [5.74, 6) is 0. The Bertz CT molecular complexity index is 551. The minimum absolute atomic E-state index is 0.0445. The van der Waals surface area contributed by atoms with Crippen LogP contribution in [0.25, 0.3) is 26.6 Å². The van der Waals surface area contributed by atoms with Crippen molar-refractivity contribution in [2.75, 3.05) is 0 Å². The summed E-state index contributed by atoms with van der Waals surface area (Å²) < 4.78 is 0. The molecule has 0 saturated heterocycles. The Balaban J connectivity index is 3.44. The lowest BCUT2D eigenvalue weighted by molar-refractivity contribution is -0.104. The number of carbonyl (C=O) groups is 1. The Kier molecular flexibility index (Phi) is 4.59. The lowest BCUT2D eigenvalue weighted by Gasteiger charge is -2.02. The highest BCUT2D eigenvalue weighted by Gasteiger charge is 2.06. The van der Waals surface area contributed by atoms with Gasteiger partial charge in [-0.1, -0.05) is 34.0 Å². The summed E-state index contributed by atoms with van der Waals surface area (Å²) in [4.78, 5) is 15.8. The van der Waals surface area contributed by atoms with E-state index < -0.39 is 0 Å². The molecule has 0 amide bonds. The SMILES string of the molecule is [N-]=[N+]=N/C(C=O)=C(\N=[N+]=[N-])c1ccc(Cl)cc1. The summed E-state index contributed by atoms with van der Waals surface area (Å²) in [6, 6.07) is 6.20. The molecule has 84 valence electrons. The third-order valence-electron chi connectivity index (χ3n) is 1.77. The van der Waals surface area contributed by atoms with Gasteiger partial charge in [-0.15, -0.1) is 0 Å². The van der Waals surface area contributed by atoms with E-state index in [2.05, 4.69) is 20.1 Å². The molecule has 0 N–H and O–H groups in total. The molecule has 0 unspecified atom stereocenters. The second-order valence-corrected chi connectivity index (χ2v) is 3.17. The summed E-state index contributed by atoms with van der Waals surface area (Å²) in [7, 11) is 0. The van der Waals surface area contributed by atoms with Crippen LogP contribution in [0.5, 0.6) is 0 Å². The number of hydrogen-bond donors (Lipinski definition) is 0. The number of carbonyl (C=O) groups excluding carboxylic acids is 1. The van der Waals surface area contributed by atoms with Crippen LogP contribution in [0.3, 0.4) is 0 Å². The van der Waals surface area contributed by atoms with Crippen molar-refractivity contribution in [2.24, 2.45) is 10.2 Å². The quantitative estimate of drug-likeness (QED) is 0.260. The van der Waals surface area contributed by atoms with Crippen LogP contribution in [0.1, 0.15) is 5.56 Å². The minimum atomic E-state index is -0.285. The van der Waals surface area contributed by atoms with Gasteiger partial charge in [0, 0.05) is 14.8 Å². The van der Waals surface area contributed by atoms with Crippen LogP contribution in [-0.4, -0.2) is 6.29 Å². The predicted molar refractivity (Wildman–Crippen MR) is 62.7 cm³/mol. The zero-order chi connectivity index (χ0) is 12.7. The molecule has 0 spiro atoms. The van der Waals surface area contributed by atoms with Gasteiger partial charge in [0.15, 0.2) is 6.29 Å². The second-order valence-electron chi connectivity index (χ2n) is 2.74. The summed E-state index contributed by atoms with van der Waals surface area (Å²) in [5.41, 5.74) is 16.8. The number of azide groups is 2. The zero-order valence-corrected chi connectivity index (χ0v) is 9.11. The van der Waals surface area contributed by atoms with Crippen LogP contribution < -0.4 is 0 Å². The number of aldehydes is 1. The lowest BCUT2D eigenvalue weighted by Crippen LogP contribution is -1.88. The van der Waals surface area contributed by atoms with Gasteiger partial charge in [0.25, 0.3) is 0 Å². The number of halogens is 1. The van der Waals surface area contributed by atoms with Crippen LogP contribution in [0.2, 0.25) is 5.02 Å². The average Bonchev–Trinajstić information content (AvgIpc) is 2.35. The van der Waals surface area contributed by atoms with E-state index in [1.54, 1.807) is 24.3 Å². The first kappa shape index (κ1) is 12.6. The van der Waals surface area contributed by atoms with E-state index in [1.807, 2.05) is 0 Å². The van der Waals surface area contributed by atoms with Crippen molar-refractivity contribution in [1.29, 1.82) is 0 Å². The largest absolute Gasteiger partial charge is 0.298 e. The van der Waals surface area contributed by atoms with Crippen molar-refractivity contribution in [1.82, 2.24) is 0 Å². The van der Waals surface area contributed by atoms with Gasteiger partial charge in [-0.25, -0.2) is 0 Å². The highest BCUT2D eigenvalue weighted by molar-refractivity contribution is 6.30. The number of nitrogens with zero attached hydrogens (tertiary/aromatic N) is 6. The molecule has 0 radical (unpaired) electrons. The molecular formula is C9H5ClN6O. The van der Waals surface area contributed by atoms with Gasteiger partial charge >= 0.3 is 0 Å². The molecule has 0 aliphatic heterocycles. The highest BCUT2D eigenvalue weighted by Crippen LogP contribution is 2.22. The first-order chi connectivity index (χ1) is 8.22. The number of hydrogen-bond acceptors (Lipinski definition) is 3. The van der Waals surface area contributed by atoms with Crippen LogP contribution >= 0.6 is 11.6 Å². The topological polar surface area (TPSA) is 115 Å². The summed E-state index contributed by atoms with van der Waals surface area (Å²) in [6.07, 6.45) is 0.318. The monoisotopic (exact) mass is 248 g/mol. The third kappa shape index (κ3) is 3.25. The van der Waals surface area contributed by atoms with Gasteiger partial charge in [0.05, 0.1) is 11.4 Å². The van der Waals surface area contributed by atoms with Gasteiger partial charge in [-0.05, 0) is 28.8 Å². The van der Waals surface area contributed by atoms with Crippen LogP contribution in [0.4, 0.5) is 0 Å². The van der Waals surface area contributed by atoms with Gasteiger partial charge in [-0.2, -0.15) is 0 Å². The average molecular weight is 249 g/mol. The molecule has 0 atom stereocenters. The van der Waals surface area contributed by atoms with Crippen LogP contribution in [-0.2, 0) is 4.79 Å². The lowest BCUT2D eigenvalue weighted by atomic mass is 10.1. The molecule has 0 aliphatic rings. The summed E-state index contributed by atoms with van der Waals surface area (Å²) in [5, 5.41) is 6.98. The van der Waals surface area contributed by atoms with Crippen molar-refractivity contribution in [3.63, 3.8) is 0 Å². The maximum absolute atomic E-state index is 10.7. The molecule has 1 rings (SSSR count). The molecule has 7 nitrogen and oxygen atoms in total. The maximum atomic E-state index is 10.7. The molecule has 0 aromatic heterocycles. The maximum Gasteiger partial charge on any atom is 0.152 e. The predicted octanol–water partition coefficient (Wildman–Crippen LogP) is 3.83. The molecule has 17 heavy (non-hydrogen) atoms. The van der Waals surface area contributed by atoms with Gasteiger partial charge < -0.3 is 0 Å².